The molecule has 0 radical (unpaired) electrons. The average Bonchev–Trinajstić information content (AvgIpc) is 2.60. The molecule has 0 heterocycles. The molecule has 0 fully saturated rings. The zero-order valence-corrected chi connectivity index (χ0v) is 14.4. The van der Waals surface area contributed by atoms with E-state index in [0.717, 1.165) is 6.07 Å². The Balaban J connectivity index is 2.22. The van der Waals surface area contributed by atoms with Gasteiger partial charge in [-0.2, -0.15) is 0 Å². The monoisotopic (exact) mass is 363 g/mol. The molecule has 25 heavy (non-hydrogen) atoms. The van der Waals surface area contributed by atoms with Crippen LogP contribution in [0.4, 0.5) is 0 Å². The van der Waals surface area contributed by atoms with Gasteiger partial charge in [-0.25, -0.2) is 18.4 Å². The van der Waals surface area contributed by atoms with Crippen LogP contribution in [-0.2, 0) is 14.8 Å². The fourth-order valence-corrected chi connectivity index (χ4v) is 2.87. The van der Waals surface area contributed by atoms with Crippen LogP contribution in [0.3, 0.4) is 0 Å². The normalized spacial score (nSPS) is 12.3. The van der Waals surface area contributed by atoms with Gasteiger partial charge in [-0.1, -0.05) is 30.3 Å². The number of Topliss-reactive ketones (excluding diaryl/α,β-unsaturated/α-hetero) is 1. The maximum absolute atomic E-state index is 12.2. The molecule has 0 aliphatic rings. The van der Waals surface area contributed by atoms with Crippen LogP contribution in [-0.4, -0.2) is 33.4 Å². The van der Waals surface area contributed by atoms with Gasteiger partial charge in [-0.15, -0.1) is 0 Å². The first kappa shape index (κ1) is 18.6. The van der Waals surface area contributed by atoms with Crippen molar-refractivity contribution in [3.8, 4) is 5.75 Å². The minimum atomic E-state index is -4.09. The molecule has 2 aromatic carbocycles. The molecule has 2 N–H and O–H groups in total. The first-order valence-corrected chi connectivity index (χ1v) is 8.79. The molecule has 7 nitrogen and oxygen atoms in total. The summed E-state index contributed by atoms with van der Waals surface area (Å²) in [4.78, 5) is 24.1. The number of rotatable bonds is 6. The highest BCUT2D eigenvalue weighted by molar-refractivity contribution is 7.89. The van der Waals surface area contributed by atoms with Crippen LogP contribution >= 0.6 is 0 Å². The molecule has 0 aromatic heterocycles. The van der Waals surface area contributed by atoms with Gasteiger partial charge in [0.25, 0.3) is 0 Å². The number of sulfonamides is 1. The predicted molar refractivity (Wildman–Crippen MR) is 90.0 cm³/mol. The zero-order chi connectivity index (χ0) is 18.6. The molecule has 0 amide bonds. The molecule has 0 aliphatic carbocycles. The Labute approximate surface area is 145 Å². The second kappa shape index (κ2) is 7.45. The van der Waals surface area contributed by atoms with E-state index in [0.29, 0.717) is 5.56 Å². The van der Waals surface area contributed by atoms with Crippen LogP contribution in [0.15, 0.2) is 53.4 Å². The lowest BCUT2D eigenvalue weighted by molar-refractivity contribution is 0.0318. The smallest absolute Gasteiger partial charge is 0.338 e. The highest BCUT2D eigenvalue weighted by Crippen LogP contribution is 2.24. The van der Waals surface area contributed by atoms with E-state index in [1.807, 2.05) is 0 Å². The highest BCUT2D eigenvalue weighted by atomic mass is 32.2. The fourth-order valence-electron chi connectivity index (χ4n) is 2.15. The highest BCUT2D eigenvalue weighted by Gasteiger charge is 2.23. The van der Waals surface area contributed by atoms with Gasteiger partial charge in [0, 0.05) is 5.56 Å². The maximum Gasteiger partial charge on any atom is 0.338 e. The lowest BCUT2D eigenvalue weighted by Gasteiger charge is -2.13. The van der Waals surface area contributed by atoms with Crippen LogP contribution in [0, 0.1) is 0 Å². The van der Waals surface area contributed by atoms with Crippen molar-refractivity contribution in [2.24, 2.45) is 5.14 Å². The van der Waals surface area contributed by atoms with Gasteiger partial charge < -0.3 is 9.47 Å². The summed E-state index contributed by atoms with van der Waals surface area (Å²) in [5, 5.41) is 5.11. The van der Waals surface area contributed by atoms with Crippen molar-refractivity contribution in [2.45, 2.75) is 17.9 Å². The van der Waals surface area contributed by atoms with E-state index in [-0.39, 0.29) is 22.0 Å². The summed E-state index contributed by atoms with van der Waals surface area (Å²) in [6.07, 6.45) is -1.03. The molecule has 1 unspecified atom stereocenters. The third-order valence-corrected chi connectivity index (χ3v) is 4.35. The number of ketones is 1. The van der Waals surface area contributed by atoms with E-state index in [2.05, 4.69) is 0 Å². The lowest BCUT2D eigenvalue weighted by atomic mass is 10.1. The second-order valence-corrected chi connectivity index (χ2v) is 6.72. The predicted octanol–water partition coefficient (Wildman–Crippen LogP) is 1.77. The molecule has 2 aromatic rings. The average molecular weight is 363 g/mol. The van der Waals surface area contributed by atoms with Crippen LogP contribution in [0.5, 0.6) is 5.75 Å². The van der Waals surface area contributed by atoms with E-state index >= 15 is 0 Å². The van der Waals surface area contributed by atoms with Gasteiger partial charge in [0.2, 0.25) is 15.8 Å². The Morgan fingerprint density at radius 2 is 1.68 bits per heavy atom. The van der Waals surface area contributed by atoms with Crippen LogP contribution in [0.2, 0.25) is 0 Å². The maximum atomic E-state index is 12.2. The molecule has 2 rings (SSSR count). The second-order valence-electron chi connectivity index (χ2n) is 5.19. The van der Waals surface area contributed by atoms with Crippen LogP contribution in [0.1, 0.15) is 27.6 Å². The Hall–Kier alpha value is -2.71. The fraction of sp³-hybridized carbons (Fsp3) is 0.176. The molecule has 0 saturated heterocycles. The molecule has 8 heteroatoms. The first-order chi connectivity index (χ1) is 11.7. The summed E-state index contributed by atoms with van der Waals surface area (Å²) in [5.41, 5.74) is 0.347. The summed E-state index contributed by atoms with van der Waals surface area (Å²) in [7, 11) is -2.81. The number of hydrogen-bond donors (Lipinski definition) is 1. The van der Waals surface area contributed by atoms with Crippen LogP contribution < -0.4 is 9.88 Å². The van der Waals surface area contributed by atoms with Crippen molar-refractivity contribution in [3.63, 3.8) is 0 Å². The van der Waals surface area contributed by atoms with E-state index in [1.165, 1.54) is 26.2 Å². The van der Waals surface area contributed by atoms with Gasteiger partial charge >= 0.3 is 5.97 Å². The molecular weight excluding hydrogens is 346 g/mol. The van der Waals surface area contributed by atoms with Gasteiger partial charge in [0.1, 0.15) is 10.6 Å². The summed E-state index contributed by atoms with van der Waals surface area (Å²) in [6.45, 7) is 1.44. The molecule has 132 valence electrons. The standard InChI is InChI=1S/C17H17NO6S/c1-11(16(19)12-6-4-3-5-7-12)24-17(20)13-8-9-14(23-2)15(10-13)25(18,21)22/h3-11H,1-2H3,(H2,18,21,22). The Morgan fingerprint density at radius 1 is 1.04 bits per heavy atom. The molecule has 1 atom stereocenters. The van der Waals surface area contributed by atoms with Crippen molar-refractivity contribution in [1.82, 2.24) is 0 Å². The van der Waals surface area contributed by atoms with Crippen molar-refractivity contribution >= 4 is 21.8 Å². The van der Waals surface area contributed by atoms with E-state index < -0.39 is 22.1 Å². The molecular formula is C17H17NO6S. The minimum Gasteiger partial charge on any atom is -0.495 e. The summed E-state index contributed by atoms with van der Waals surface area (Å²) in [5.74, 6) is -1.20. The zero-order valence-electron chi connectivity index (χ0n) is 13.6. The molecule has 0 saturated carbocycles. The Bertz CT molecular complexity index is 893. The topological polar surface area (TPSA) is 113 Å². The number of hydrogen-bond acceptors (Lipinski definition) is 6. The van der Waals surface area contributed by atoms with Gasteiger partial charge in [0.05, 0.1) is 12.7 Å². The Morgan fingerprint density at radius 3 is 2.24 bits per heavy atom. The van der Waals surface area contributed by atoms with Crippen molar-refractivity contribution in [3.05, 3.63) is 59.7 Å². The number of carbonyl (C=O) groups is 2. The quantitative estimate of drug-likeness (QED) is 0.618. The van der Waals surface area contributed by atoms with Gasteiger partial charge in [0.15, 0.2) is 6.10 Å². The summed E-state index contributed by atoms with van der Waals surface area (Å²) < 4.78 is 33.2. The minimum absolute atomic E-state index is 0.00691. The SMILES string of the molecule is COc1ccc(C(=O)OC(C)C(=O)c2ccccc2)cc1S(N)(=O)=O. The van der Waals surface area contributed by atoms with E-state index in [1.54, 1.807) is 30.3 Å². The van der Waals surface area contributed by atoms with Crippen molar-refractivity contribution in [2.75, 3.05) is 7.11 Å². The van der Waals surface area contributed by atoms with Gasteiger partial charge in [-0.05, 0) is 25.1 Å². The number of carbonyl (C=O) groups excluding carboxylic acids is 2. The first-order valence-electron chi connectivity index (χ1n) is 7.25. The van der Waals surface area contributed by atoms with Crippen LogP contribution in [0.25, 0.3) is 0 Å². The van der Waals surface area contributed by atoms with E-state index in [4.69, 9.17) is 14.6 Å². The number of nitrogens with two attached hydrogens (primary N) is 1. The number of ether oxygens (including phenoxy) is 2. The third-order valence-electron chi connectivity index (χ3n) is 3.42. The molecule has 0 aliphatic heterocycles. The van der Waals surface area contributed by atoms with Crippen molar-refractivity contribution < 1.29 is 27.5 Å². The number of benzene rings is 2. The third kappa shape index (κ3) is 4.43. The number of esters is 1. The number of primary sulfonamides is 1. The number of methoxy groups -OCH3 is 1. The van der Waals surface area contributed by atoms with Crippen molar-refractivity contribution in [1.29, 1.82) is 0 Å². The summed E-state index contributed by atoms with van der Waals surface area (Å²) in [6, 6.07) is 12.1. The van der Waals surface area contributed by atoms with Gasteiger partial charge in [-0.3, -0.25) is 4.79 Å². The lowest BCUT2D eigenvalue weighted by Crippen LogP contribution is -2.24. The Kier molecular flexibility index (Phi) is 5.55. The van der Waals surface area contributed by atoms with E-state index in [9.17, 15) is 18.0 Å². The summed E-state index contributed by atoms with van der Waals surface area (Å²) >= 11 is 0. The largest absolute Gasteiger partial charge is 0.495 e. The molecule has 0 spiro atoms. The molecule has 0 bridgehead atoms.